The number of amides is 1. The molecule has 0 saturated heterocycles. The molecule has 0 saturated carbocycles. The first-order chi connectivity index (χ1) is 9.72. The van der Waals surface area contributed by atoms with Crippen molar-refractivity contribution in [2.24, 2.45) is 5.10 Å². The molecular weight excluding hydrogens is 262 g/mol. The predicted octanol–water partition coefficient (Wildman–Crippen LogP) is 3.19. The summed E-state index contributed by atoms with van der Waals surface area (Å²) in [5, 5.41) is 3.99. The number of hydrogen-bond acceptors (Lipinski definition) is 3. The minimum absolute atomic E-state index is 0.156. The van der Waals surface area contributed by atoms with Crippen molar-refractivity contribution in [1.82, 2.24) is 5.43 Å². The molecule has 0 spiro atoms. The number of hydrogen-bond donors (Lipinski definition) is 1. The Labute approximate surface area is 127 Å². The van der Waals surface area contributed by atoms with Gasteiger partial charge in [0.25, 0.3) is 0 Å². The van der Waals surface area contributed by atoms with Gasteiger partial charge in [0.1, 0.15) is 0 Å². The summed E-state index contributed by atoms with van der Waals surface area (Å²) in [4.78, 5) is 13.3. The molecule has 0 aromatic heterocycles. The molecule has 21 heavy (non-hydrogen) atoms. The Morgan fingerprint density at radius 1 is 1.48 bits per heavy atom. The standard InChI is InChI=1S/C17H25N3O/c1-11-7-16-15(8-14(11)10-18-19-13(3)21)12(2)9-17(4,5)20(16)6/h7-8,10,12H,9H2,1-6H3,(H,19,21)/b18-10-/t12-/m0/s1. The molecule has 1 amide bonds. The smallest absolute Gasteiger partial charge is 0.236 e. The van der Waals surface area contributed by atoms with Crippen molar-refractivity contribution in [3.63, 3.8) is 0 Å². The zero-order valence-electron chi connectivity index (χ0n) is 13.8. The summed E-state index contributed by atoms with van der Waals surface area (Å²) < 4.78 is 0. The van der Waals surface area contributed by atoms with Gasteiger partial charge in [-0.05, 0) is 61.9 Å². The molecule has 1 aliphatic rings. The van der Waals surface area contributed by atoms with Crippen LogP contribution in [0.15, 0.2) is 17.2 Å². The molecule has 4 heteroatoms. The highest BCUT2D eigenvalue weighted by Gasteiger charge is 2.34. The van der Waals surface area contributed by atoms with E-state index in [-0.39, 0.29) is 11.4 Å². The van der Waals surface area contributed by atoms with Crippen LogP contribution in [0, 0.1) is 6.92 Å². The van der Waals surface area contributed by atoms with Gasteiger partial charge in [0, 0.05) is 25.2 Å². The monoisotopic (exact) mass is 287 g/mol. The minimum Gasteiger partial charge on any atom is -0.369 e. The molecule has 1 aromatic carbocycles. The molecule has 1 atom stereocenters. The van der Waals surface area contributed by atoms with Crippen LogP contribution in [0.1, 0.15) is 56.7 Å². The molecule has 1 N–H and O–H groups in total. The molecule has 1 aromatic rings. The number of carbonyl (C=O) groups excluding carboxylic acids is 1. The summed E-state index contributed by atoms with van der Waals surface area (Å²) in [7, 11) is 2.16. The predicted molar refractivity (Wildman–Crippen MR) is 88.1 cm³/mol. The van der Waals surface area contributed by atoms with E-state index in [9.17, 15) is 4.79 Å². The van der Waals surface area contributed by atoms with Crippen molar-refractivity contribution in [2.45, 2.75) is 52.5 Å². The lowest BCUT2D eigenvalue weighted by molar-refractivity contribution is -0.118. The zero-order chi connectivity index (χ0) is 15.8. The van der Waals surface area contributed by atoms with E-state index in [1.54, 1.807) is 6.21 Å². The van der Waals surface area contributed by atoms with Gasteiger partial charge >= 0.3 is 0 Å². The van der Waals surface area contributed by atoms with Crippen LogP contribution in [0.4, 0.5) is 5.69 Å². The lowest BCUT2D eigenvalue weighted by Gasteiger charge is -2.45. The van der Waals surface area contributed by atoms with E-state index < -0.39 is 0 Å². The van der Waals surface area contributed by atoms with Gasteiger partial charge in [0.05, 0.1) is 6.21 Å². The van der Waals surface area contributed by atoms with Crippen LogP contribution in [0.2, 0.25) is 0 Å². The van der Waals surface area contributed by atoms with Gasteiger partial charge < -0.3 is 4.90 Å². The van der Waals surface area contributed by atoms with Crippen molar-refractivity contribution >= 4 is 17.8 Å². The summed E-state index contributed by atoms with van der Waals surface area (Å²) in [6.07, 6.45) is 2.85. The van der Waals surface area contributed by atoms with Crippen molar-refractivity contribution in [3.05, 3.63) is 28.8 Å². The van der Waals surface area contributed by atoms with Crippen molar-refractivity contribution in [2.75, 3.05) is 11.9 Å². The third-order valence-electron chi connectivity index (χ3n) is 4.45. The van der Waals surface area contributed by atoms with Crippen molar-refractivity contribution in [1.29, 1.82) is 0 Å². The molecule has 0 radical (unpaired) electrons. The Morgan fingerprint density at radius 3 is 2.76 bits per heavy atom. The number of nitrogens with one attached hydrogen (secondary N) is 1. The average molecular weight is 287 g/mol. The molecule has 0 fully saturated rings. The highest BCUT2D eigenvalue weighted by molar-refractivity contribution is 5.85. The number of fused-ring (bicyclic) bond motifs is 1. The molecule has 0 unspecified atom stereocenters. The number of rotatable bonds is 2. The summed E-state index contributed by atoms with van der Waals surface area (Å²) in [6, 6.07) is 4.42. The largest absolute Gasteiger partial charge is 0.369 e. The van der Waals surface area contributed by atoms with Crippen LogP contribution >= 0.6 is 0 Å². The number of benzene rings is 1. The number of aryl methyl sites for hydroxylation is 1. The van der Waals surface area contributed by atoms with Crippen LogP contribution in [-0.2, 0) is 4.79 Å². The van der Waals surface area contributed by atoms with Gasteiger partial charge in [-0.3, -0.25) is 4.79 Å². The summed E-state index contributed by atoms with van der Waals surface area (Å²) in [5.41, 5.74) is 7.50. The number of nitrogens with zero attached hydrogens (tertiary/aromatic N) is 2. The number of carbonyl (C=O) groups is 1. The Bertz CT molecular complexity index is 590. The Kier molecular flexibility index (Phi) is 4.08. The Morgan fingerprint density at radius 2 is 2.14 bits per heavy atom. The fourth-order valence-corrected chi connectivity index (χ4v) is 3.07. The second-order valence-electron chi connectivity index (χ2n) is 6.67. The zero-order valence-corrected chi connectivity index (χ0v) is 13.8. The maximum atomic E-state index is 10.9. The minimum atomic E-state index is -0.156. The number of anilines is 1. The topological polar surface area (TPSA) is 44.7 Å². The van der Waals surface area contributed by atoms with Crippen LogP contribution in [0.3, 0.4) is 0 Å². The van der Waals surface area contributed by atoms with E-state index in [0.717, 1.165) is 12.0 Å². The summed E-state index contributed by atoms with van der Waals surface area (Å²) >= 11 is 0. The van der Waals surface area contributed by atoms with Crippen LogP contribution in [-0.4, -0.2) is 24.7 Å². The van der Waals surface area contributed by atoms with Gasteiger partial charge in [0.2, 0.25) is 5.91 Å². The highest BCUT2D eigenvalue weighted by atomic mass is 16.2. The highest BCUT2D eigenvalue weighted by Crippen LogP contribution is 2.43. The van der Waals surface area contributed by atoms with E-state index in [2.05, 4.69) is 62.3 Å². The van der Waals surface area contributed by atoms with E-state index in [0.29, 0.717) is 5.92 Å². The molecular formula is C17H25N3O. The van der Waals surface area contributed by atoms with Gasteiger partial charge in [-0.1, -0.05) is 6.92 Å². The SMILES string of the molecule is CC(=O)N/N=C\c1cc2c(cc1C)N(C)C(C)(C)C[C@@H]2C. The molecule has 2 rings (SSSR count). The molecule has 0 bridgehead atoms. The van der Waals surface area contributed by atoms with E-state index in [1.165, 1.54) is 23.7 Å². The van der Waals surface area contributed by atoms with Crippen LogP contribution < -0.4 is 10.3 Å². The number of hydrazone groups is 1. The maximum absolute atomic E-state index is 10.9. The van der Waals surface area contributed by atoms with E-state index >= 15 is 0 Å². The van der Waals surface area contributed by atoms with Crippen molar-refractivity contribution < 1.29 is 4.79 Å². The molecule has 1 aliphatic heterocycles. The third-order valence-corrected chi connectivity index (χ3v) is 4.45. The molecule has 114 valence electrons. The first-order valence-electron chi connectivity index (χ1n) is 7.40. The van der Waals surface area contributed by atoms with Gasteiger partial charge in [0.15, 0.2) is 0 Å². The lowest BCUT2D eigenvalue weighted by Crippen LogP contribution is -2.45. The summed E-state index contributed by atoms with van der Waals surface area (Å²) in [5.74, 6) is 0.358. The van der Waals surface area contributed by atoms with Gasteiger partial charge in [-0.15, -0.1) is 0 Å². The molecule has 4 nitrogen and oxygen atoms in total. The normalized spacial score (nSPS) is 20.5. The van der Waals surface area contributed by atoms with Gasteiger partial charge in [-0.25, -0.2) is 5.43 Å². The maximum Gasteiger partial charge on any atom is 0.236 e. The fraction of sp³-hybridized carbons (Fsp3) is 0.529. The second kappa shape index (κ2) is 5.51. The van der Waals surface area contributed by atoms with Crippen LogP contribution in [0.5, 0.6) is 0 Å². The van der Waals surface area contributed by atoms with Crippen LogP contribution in [0.25, 0.3) is 0 Å². The van der Waals surface area contributed by atoms with E-state index in [1.807, 2.05) is 0 Å². The third kappa shape index (κ3) is 3.09. The quantitative estimate of drug-likeness (QED) is 0.670. The van der Waals surface area contributed by atoms with E-state index in [4.69, 9.17) is 0 Å². The van der Waals surface area contributed by atoms with Gasteiger partial charge in [-0.2, -0.15) is 5.10 Å². The molecule has 1 heterocycles. The lowest BCUT2D eigenvalue weighted by atomic mass is 9.79. The average Bonchev–Trinajstić information content (AvgIpc) is 2.36. The first-order valence-corrected chi connectivity index (χ1v) is 7.40. The van der Waals surface area contributed by atoms with Crippen molar-refractivity contribution in [3.8, 4) is 0 Å². The second-order valence-corrected chi connectivity index (χ2v) is 6.67. The first kappa shape index (κ1) is 15.5. The Balaban J connectivity index is 2.41. The molecule has 0 aliphatic carbocycles. The Hall–Kier alpha value is -1.84. The fourth-order valence-electron chi connectivity index (χ4n) is 3.07. The summed E-state index contributed by atoms with van der Waals surface area (Å²) in [6.45, 7) is 10.4.